The SMILES string of the molecule is CCCCCCCCCCCCCCCC/C=C/N=C1SCCN1C(=S)Nc1cccc(Cl)c1. The molecule has 1 saturated heterocycles. The van der Waals surface area contributed by atoms with Crippen LogP contribution in [0.15, 0.2) is 41.5 Å². The molecule has 34 heavy (non-hydrogen) atoms. The van der Waals surface area contributed by atoms with E-state index in [1.807, 2.05) is 30.5 Å². The summed E-state index contributed by atoms with van der Waals surface area (Å²) in [7, 11) is 0. The van der Waals surface area contributed by atoms with Gasteiger partial charge in [-0.25, -0.2) is 4.99 Å². The fourth-order valence-electron chi connectivity index (χ4n) is 4.10. The Morgan fingerprint density at radius 2 is 1.62 bits per heavy atom. The van der Waals surface area contributed by atoms with E-state index in [1.54, 1.807) is 11.8 Å². The van der Waals surface area contributed by atoms with Crippen LogP contribution in [0.4, 0.5) is 5.69 Å². The molecular formula is C28H44ClN3S2. The second-order valence-corrected chi connectivity index (χ2v) is 11.0. The van der Waals surface area contributed by atoms with Crippen LogP contribution in [0.2, 0.25) is 5.02 Å². The molecule has 0 unspecified atom stereocenters. The molecule has 1 heterocycles. The van der Waals surface area contributed by atoms with E-state index in [0.717, 1.165) is 29.6 Å². The first-order valence-corrected chi connectivity index (χ1v) is 15.2. The monoisotopic (exact) mass is 521 g/mol. The lowest BCUT2D eigenvalue weighted by Crippen LogP contribution is -2.35. The number of amidine groups is 1. The average Bonchev–Trinajstić information content (AvgIpc) is 3.30. The number of halogens is 1. The van der Waals surface area contributed by atoms with Gasteiger partial charge in [0.05, 0.1) is 0 Å². The number of nitrogens with zero attached hydrogens (tertiary/aromatic N) is 2. The Hall–Kier alpha value is -1.04. The minimum absolute atomic E-state index is 0.673. The quantitative estimate of drug-likeness (QED) is 0.163. The van der Waals surface area contributed by atoms with Crippen LogP contribution in [0.1, 0.15) is 103 Å². The minimum atomic E-state index is 0.673. The molecule has 0 aliphatic carbocycles. The number of nitrogens with one attached hydrogen (secondary N) is 1. The summed E-state index contributed by atoms with van der Waals surface area (Å²) in [6.45, 7) is 3.17. The molecule has 190 valence electrons. The van der Waals surface area contributed by atoms with Crippen LogP contribution < -0.4 is 5.32 Å². The fourth-order valence-corrected chi connectivity index (χ4v) is 5.58. The molecule has 6 heteroatoms. The standard InChI is InChI=1S/C28H44ClN3S2/c1-2-3-4-5-6-7-8-9-10-11-12-13-14-15-16-17-21-30-28-32(22-23-34-28)27(33)31-26-20-18-19-25(29)24-26/h17-21,24H,2-16,22-23H2,1H3,(H,31,33)/b21-17+,30-28?. The normalized spacial score (nSPS) is 15.0. The lowest BCUT2D eigenvalue weighted by Gasteiger charge is -2.19. The highest BCUT2D eigenvalue weighted by Gasteiger charge is 2.22. The van der Waals surface area contributed by atoms with Crippen LogP contribution in [0.3, 0.4) is 0 Å². The summed E-state index contributed by atoms with van der Waals surface area (Å²) in [5.74, 6) is 1.00. The third-order valence-corrected chi connectivity index (χ3v) is 7.64. The molecule has 0 amide bonds. The van der Waals surface area contributed by atoms with Crippen molar-refractivity contribution in [3.8, 4) is 0 Å². The predicted octanol–water partition coefficient (Wildman–Crippen LogP) is 9.83. The number of thiocarbonyl (C=S) groups is 1. The van der Waals surface area contributed by atoms with Crippen LogP contribution >= 0.6 is 35.6 Å². The number of benzene rings is 1. The number of hydrogen-bond acceptors (Lipinski definition) is 3. The van der Waals surface area contributed by atoms with Crippen molar-refractivity contribution in [3.05, 3.63) is 41.6 Å². The van der Waals surface area contributed by atoms with Crippen molar-refractivity contribution < 1.29 is 0 Å². The van der Waals surface area contributed by atoms with Gasteiger partial charge >= 0.3 is 0 Å². The number of unbranched alkanes of at least 4 members (excludes halogenated alkanes) is 14. The molecule has 1 aliphatic heterocycles. The van der Waals surface area contributed by atoms with Gasteiger partial charge < -0.3 is 5.32 Å². The van der Waals surface area contributed by atoms with Gasteiger partial charge in [0.1, 0.15) is 0 Å². The van der Waals surface area contributed by atoms with Crippen molar-refractivity contribution >= 4 is 51.5 Å². The lowest BCUT2D eigenvalue weighted by molar-refractivity contribution is 0.536. The molecule has 0 atom stereocenters. The summed E-state index contributed by atoms with van der Waals surface area (Å²) in [4.78, 5) is 6.73. The van der Waals surface area contributed by atoms with Gasteiger partial charge in [-0.3, -0.25) is 4.90 Å². The molecule has 0 aromatic heterocycles. The Balaban J connectivity index is 1.48. The summed E-state index contributed by atoms with van der Waals surface area (Å²) >= 11 is 13.4. The highest BCUT2D eigenvalue weighted by Crippen LogP contribution is 2.21. The first kappa shape index (κ1) is 29.2. The van der Waals surface area contributed by atoms with E-state index >= 15 is 0 Å². The largest absolute Gasteiger partial charge is 0.332 e. The maximum absolute atomic E-state index is 6.07. The fraction of sp³-hybridized carbons (Fsp3) is 0.643. The Kier molecular flexibility index (Phi) is 16.5. The number of allylic oxidation sites excluding steroid dienone is 1. The van der Waals surface area contributed by atoms with Crippen LogP contribution in [0, 0.1) is 0 Å². The number of anilines is 1. The smallest absolute Gasteiger partial charge is 0.179 e. The molecule has 2 rings (SSSR count). The van der Waals surface area contributed by atoms with Crippen molar-refractivity contribution in [2.75, 3.05) is 17.6 Å². The first-order valence-electron chi connectivity index (χ1n) is 13.4. The predicted molar refractivity (Wildman–Crippen MR) is 158 cm³/mol. The Bertz CT molecular complexity index is 751. The van der Waals surface area contributed by atoms with Crippen LogP contribution in [-0.2, 0) is 0 Å². The van der Waals surface area contributed by atoms with E-state index in [4.69, 9.17) is 23.8 Å². The summed E-state index contributed by atoms with van der Waals surface area (Å²) < 4.78 is 0. The number of hydrogen-bond donors (Lipinski definition) is 1. The van der Waals surface area contributed by atoms with E-state index in [9.17, 15) is 0 Å². The summed E-state index contributed by atoms with van der Waals surface area (Å²) in [6, 6.07) is 7.62. The van der Waals surface area contributed by atoms with Gasteiger partial charge in [-0.1, -0.05) is 126 Å². The zero-order valence-electron chi connectivity index (χ0n) is 21.1. The Morgan fingerprint density at radius 3 is 2.24 bits per heavy atom. The van der Waals surface area contributed by atoms with Crippen LogP contribution in [0.5, 0.6) is 0 Å². The average molecular weight is 522 g/mol. The van der Waals surface area contributed by atoms with E-state index in [-0.39, 0.29) is 0 Å². The Labute approximate surface area is 223 Å². The van der Waals surface area contributed by atoms with Gasteiger partial charge in [-0.2, -0.15) is 0 Å². The van der Waals surface area contributed by atoms with Crippen molar-refractivity contribution in [1.29, 1.82) is 0 Å². The zero-order valence-corrected chi connectivity index (χ0v) is 23.5. The van der Waals surface area contributed by atoms with Gasteiger partial charge in [0.15, 0.2) is 10.3 Å². The van der Waals surface area contributed by atoms with E-state index in [0.29, 0.717) is 10.1 Å². The molecule has 0 bridgehead atoms. The van der Waals surface area contributed by atoms with Crippen molar-refractivity contribution in [1.82, 2.24) is 4.90 Å². The van der Waals surface area contributed by atoms with Crippen LogP contribution in [-0.4, -0.2) is 27.5 Å². The van der Waals surface area contributed by atoms with E-state index in [2.05, 4.69) is 28.2 Å². The molecule has 0 radical (unpaired) electrons. The molecule has 0 saturated carbocycles. The van der Waals surface area contributed by atoms with Crippen molar-refractivity contribution in [2.45, 2.75) is 103 Å². The number of rotatable bonds is 17. The second kappa shape index (κ2) is 19.2. The molecule has 0 spiro atoms. The third-order valence-electron chi connectivity index (χ3n) is 6.11. The summed E-state index contributed by atoms with van der Waals surface area (Å²) in [5.41, 5.74) is 0.905. The molecule has 1 fully saturated rings. The van der Waals surface area contributed by atoms with Crippen molar-refractivity contribution in [2.24, 2.45) is 4.99 Å². The van der Waals surface area contributed by atoms with Gasteiger partial charge in [0.25, 0.3) is 0 Å². The molecule has 1 aliphatic rings. The topological polar surface area (TPSA) is 27.6 Å². The first-order chi connectivity index (χ1) is 16.7. The number of thioether (sulfide) groups is 1. The highest BCUT2D eigenvalue weighted by atomic mass is 35.5. The van der Waals surface area contributed by atoms with Crippen molar-refractivity contribution in [3.63, 3.8) is 0 Å². The maximum Gasteiger partial charge on any atom is 0.179 e. The summed E-state index contributed by atoms with van der Waals surface area (Å²) in [5, 5.41) is 5.61. The van der Waals surface area contributed by atoms with Gasteiger partial charge in [0.2, 0.25) is 0 Å². The molecule has 1 aromatic rings. The molecule has 1 N–H and O–H groups in total. The molecule has 3 nitrogen and oxygen atoms in total. The second-order valence-electron chi connectivity index (χ2n) is 9.12. The van der Waals surface area contributed by atoms with Gasteiger partial charge in [0, 0.05) is 29.2 Å². The maximum atomic E-state index is 6.07. The Morgan fingerprint density at radius 1 is 1.00 bits per heavy atom. The highest BCUT2D eigenvalue weighted by molar-refractivity contribution is 8.14. The summed E-state index contributed by atoms with van der Waals surface area (Å²) in [6.07, 6.45) is 24.8. The van der Waals surface area contributed by atoms with Crippen LogP contribution in [0.25, 0.3) is 0 Å². The molecular weight excluding hydrogens is 478 g/mol. The van der Waals surface area contributed by atoms with Gasteiger partial charge in [-0.05, 0) is 43.3 Å². The third kappa shape index (κ3) is 13.2. The number of aliphatic imine (C=N–C) groups is 1. The minimum Gasteiger partial charge on any atom is -0.332 e. The zero-order chi connectivity index (χ0) is 24.3. The van der Waals surface area contributed by atoms with E-state index in [1.165, 1.54) is 89.9 Å². The molecule has 1 aromatic carbocycles. The lowest BCUT2D eigenvalue weighted by atomic mass is 10.0. The van der Waals surface area contributed by atoms with E-state index < -0.39 is 0 Å². The van der Waals surface area contributed by atoms with Gasteiger partial charge in [-0.15, -0.1) is 0 Å².